The topological polar surface area (TPSA) is 70.6 Å². The minimum atomic E-state index is -0.844. The van der Waals surface area contributed by atoms with Crippen LogP contribution in [0.2, 0.25) is 0 Å². The van der Waals surface area contributed by atoms with E-state index >= 15 is 0 Å². The summed E-state index contributed by atoms with van der Waals surface area (Å²) in [7, 11) is 0. The van der Waals surface area contributed by atoms with Crippen LogP contribution in [-0.4, -0.2) is 23.9 Å². The van der Waals surface area contributed by atoms with Gasteiger partial charge in [-0.1, -0.05) is 54.6 Å². The second kappa shape index (κ2) is 8.20. The lowest BCUT2D eigenvalue weighted by Crippen LogP contribution is -2.16. The van der Waals surface area contributed by atoms with Gasteiger partial charge in [0.15, 0.2) is 6.23 Å². The highest BCUT2D eigenvalue weighted by Crippen LogP contribution is 2.39. The van der Waals surface area contributed by atoms with Crippen molar-refractivity contribution in [2.24, 2.45) is 0 Å². The molecule has 0 bridgehead atoms. The van der Waals surface area contributed by atoms with Gasteiger partial charge < -0.3 is 20.5 Å². The maximum absolute atomic E-state index is 12.1. The molecule has 146 valence electrons. The van der Waals surface area contributed by atoms with Crippen LogP contribution in [0.3, 0.4) is 0 Å². The lowest BCUT2D eigenvalue weighted by Gasteiger charge is -2.18. The molecule has 3 aromatic rings. The second-order valence-electron chi connectivity index (χ2n) is 6.67. The van der Waals surface area contributed by atoms with Gasteiger partial charge in [0.25, 0.3) is 0 Å². The minimum absolute atomic E-state index is 0.324. The Labute approximate surface area is 169 Å². The summed E-state index contributed by atoms with van der Waals surface area (Å²) in [6, 6.07) is 24.8. The van der Waals surface area contributed by atoms with E-state index in [0.29, 0.717) is 12.2 Å². The molecule has 3 aromatic carbocycles. The van der Waals surface area contributed by atoms with Crippen LogP contribution in [0.5, 0.6) is 0 Å². The number of nitrogens with one attached hydrogen (secondary N) is 2. The zero-order valence-electron chi connectivity index (χ0n) is 16.1. The number of fused-ring (bicyclic) bond motifs is 1. The Bertz CT molecular complexity index is 1060. The van der Waals surface area contributed by atoms with Gasteiger partial charge in [-0.15, -0.1) is 0 Å². The molecule has 0 fully saturated rings. The molecule has 1 aliphatic rings. The van der Waals surface area contributed by atoms with Crippen molar-refractivity contribution in [1.82, 2.24) is 0 Å². The number of carbonyl (C=O) groups excluding carboxylic acids is 1. The van der Waals surface area contributed by atoms with Crippen LogP contribution in [-0.2, 0) is 4.74 Å². The molecule has 5 heteroatoms. The van der Waals surface area contributed by atoms with Crippen LogP contribution in [0.25, 0.3) is 11.3 Å². The number of para-hydroxylation sites is 1. The van der Waals surface area contributed by atoms with Crippen LogP contribution in [0.1, 0.15) is 28.4 Å². The molecule has 0 saturated carbocycles. The van der Waals surface area contributed by atoms with E-state index in [1.165, 1.54) is 0 Å². The van der Waals surface area contributed by atoms with E-state index < -0.39 is 6.23 Å². The molecule has 0 aromatic heterocycles. The van der Waals surface area contributed by atoms with Crippen LogP contribution in [0, 0.1) is 0 Å². The average molecular weight is 386 g/mol. The molecule has 1 aliphatic heterocycles. The van der Waals surface area contributed by atoms with Gasteiger partial charge in [0.05, 0.1) is 17.9 Å². The zero-order valence-corrected chi connectivity index (χ0v) is 16.1. The zero-order chi connectivity index (χ0) is 20.2. The maximum atomic E-state index is 12.1. The molecule has 5 nitrogen and oxygen atoms in total. The van der Waals surface area contributed by atoms with Gasteiger partial charge in [-0.25, -0.2) is 4.79 Å². The number of ether oxygens (including phenoxy) is 1. The van der Waals surface area contributed by atoms with Crippen molar-refractivity contribution in [3.63, 3.8) is 0 Å². The summed E-state index contributed by atoms with van der Waals surface area (Å²) >= 11 is 0. The summed E-state index contributed by atoms with van der Waals surface area (Å²) in [6.07, 6.45) is -0.844. The quantitative estimate of drug-likeness (QED) is 0.560. The van der Waals surface area contributed by atoms with E-state index in [-0.39, 0.29) is 5.97 Å². The fourth-order valence-corrected chi connectivity index (χ4v) is 3.46. The SMILES string of the molecule is CCOC(=O)c1cccc(N/C(=C2/c3ccccc3NC2O)c2ccccc2)c1. The molecule has 0 aliphatic carbocycles. The fourth-order valence-electron chi connectivity index (χ4n) is 3.46. The normalized spacial score (nSPS) is 16.6. The van der Waals surface area contributed by atoms with E-state index in [1.807, 2.05) is 60.7 Å². The van der Waals surface area contributed by atoms with Gasteiger partial charge in [0, 0.05) is 22.5 Å². The summed E-state index contributed by atoms with van der Waals surface area (Å²) in [5, 5.41) is 17.3. The van der Waals surface area contributed by atoms with Crippen molar-refractivity contribution in [3.05, 3.63) is 95.6 Å². The molecule has 0 amide bonds. The lowest BCUT2D eigenvalue weighted by atomic mass is 9.99. The predicted molar refractivity (Wildman–Crippen MR) is 115 cm³/mol. The molecule has 1 heterocycles. The number of hydrogen-bond donors (Lipinski definition) is 3. The standard InChI is InChI=1S/C24H22N2O3/c1-2-29-24(28)17-11-8-12-18(15-17)25-22(16-9-4-3-5-10-16)21-19-13-6-7-14-20(19)26-23(21)27/h3-15,23,25-27H,2H2,1H3/b22-21-. The highest BCUT2D eigenvalue weighted by molar-refractivity contribution is 6.03. The third kappa shape index (κ3) is 3.86. The molecule has 3 N–H and O–H groups in total. The number of aliphatic hydroxyl groups excluding tert-OH is 1. The van der Waals surface area contributed by atoms with Crippen molar-refractivity contribution >= 4 is 28.6 Å². The molecule has 0 radical (unpaired) electrons. The Morgan fingerprint density at radius 3 is 2.52 bits per heavy atom. The number of benzene rings is 3. The number of esters is 1. The largest absolute Gasteiger partial charge is 0.462 e. The predicted octanol–water partition coefficient (Wildman–Crippen LogP) is 4.59. The summed E-state index contributed by atoms with van der Waals surface area (Å²) in [5.41, 5.74) is 5.49. The Morgan fingerprint density at radius 2 is 1.72 bits per heavy atom. The fraction of sp³-hybridized carbons (Fsp3) is 0.125. The first-order valence-electron chi connectivity index (χ1n) is 9.55. The second-order valence-corrected chi connectivity index (χ2v) is 6.67. The Hall–Kier alpha value is -3.57. The van der Waals surface area contributed by atoms with Gasteiger partial charge in [0.1, 0.15) is 0 Å². The average Bonchev–Trinajstić information content (AvgIpc) is 3.08. The van der Waals surface area contributed by atoms with Crippen LogP contribution >= 0.6 is 0 Å². The van der Waals surface area contributed by atoms with Crippen molar-refractivity contribution in [2.45, 2.75) is 13.2 Å². The molecular formula is C24H22N2O3. The lowest BCUT2D eigenvalue weighted by molar-refractivity contribution is 0.0526. The van der Waals surface area contributed by atoms with Crippen LogP contribution in [0.4, 0.5) is 11.4 Å². The van der Waals surface area contributed by atoms with Crippen molar-refractivity contribution in [1.29, 1.82) is 0 Å². The first-order valence-corrected chi connectivity index (χ1v) is 9.55. The number of hydrogen-bond acceptors (Lipinski definition) is 5. The van der Waals surface area contributed by atoms with Crippen LogP contribution in [0.15, 0.2) is 78.9 Å². The summed E-state index contributed by atoms with van der Waals surface area (Å²) in [4.78, 5) is 12.1. The Kier molecular flexibility index (Phi) is 5.31. The van der Waals surface area contributed by atoms with E-state index in [4.69, 9.17) is 4.74 Å². The molecule has 0 spiro atoms. The summed E-state index contributed by atoms with van der Waals surface area (Å²) < 4.78 is 5.11. The van der Waals surface area contributed by atoms with Gasteiger partial charge in [-0.05, 0) is 36.8 Å². The molecule has 0 saturated heterocycles. The van der Waals surface area contributed by atoms with Gasteiger partial charge >= 0.3 is 5.97 Å². The summed E-state index contributed by atoms with van der Waals surface area (Å²) in [6.45, 7) is 2.11. The van der Waals surface area contributed by atoms with Crippen LogP contribution < -0.4 is 10.6 Å². The van der Waals surface area contributed by atoms with Crippen molar-refractivity contribution in [3.8, 4) is 0 Å². The number of rotatable bonds is 5. The minimum Gasteiger partial charge on any atom is -0.462 e. The molecule has 1 unspecified atom stereocenters. The van der Waals surface area contributed by atoms with E-state index in [9.17, 15) is 9.90 Å². The molecule has 29 heavy (non-hydrogen) atoms. The molecule has 1 atom stereocenters. The number of anilines is 2. The van der Waals surface area contributed by atoms with Crippen molar-refractivity contribution in [2.75, 3.05) is 17.2 Å². The highest BCUT2D eigenvalue weighted by Gasteiger charge is 2.28. The van der Waals surface area contributed by atoms with E-state index in [1.54, 1.807) is 25.1 Å². The molecular weight excluding hydrogens is 364 g/mol. The maximum Gasteiger partial charge on any atom is 0.338 e. The first-order chi connectivity index (χ1) is 14.2. The van der Waals surface area contributed by atoms with E-state index in [2.05, 4.69) is 10.6 Å². The Morgan fingerprint density at radius 1 is 1.00 bits per heavy atom. The number of carbonyl (C=O) groups is 1. The van der Waals surface area contributed by atoms with Gasteiger partial charge in [0.2, 0.25) is 0 Å². The van der Waals surface area contributed by atoms with Gasteiger partial charge in [-0.2, -0.15) is 0 Å². The number of aliphatic hydroxyl groups is 1. The first kappa shape index (κ1) is 18.8. The smallest absolute Gasteiger partial charge is 0.338 e. The third-order valence-corrected chi connectivity index (χ3v) is 4.76. The van der Waals surface area contributed by atoms with Crippen molar-refractivity contribution < 1.29 is 14.6 Å². The third-order valence-electron chi connectivity index (χ3n) is 4.76. The molecule has 4 rings (SSSR count). The van der Waals surface area contributed by atoms with E-state index in [0.717, 1.165) is 33.8 Å². The highest BCUT2D eigenvalue weighted by atomic mass is 16.5. The summed E-state index contributed by atoms with van der Waals surface area (Å²) in [5.74, 6) is -0.363. The Balaban J connectivity index is 1.80. The monoisotopic (exact) mass is 386 g/mol. The van der Waals surface area contributed by atoms with Gasteiger partial charge in [-0.3, -0.25) is 0 Å².